The van der Waals surface area contributed by atoms with Crippen molar-refractivity contribution in [2.75, 3.05) is 11.9 Å². The summed E-state index contributed by atoms with van der Waals surface area (Å²) in [4.78, 5) is 18.6. The third kappa shape index (κ3) is 4.50. The van der Waals surface area contributed by atoms with Crippen molar-refractivity contribution in [1.82, 2.24) is 15.0 Å². The monoisotopic (exact) mass is 462 g/mol. The lowest BCUT2D eigenvalue weighted by atomic mass is 10.1. The zero-order valence-corrected chi connectivity index (χ0v) is 16.2. The van der Waals surface area contributed by atoms with Crippen molar-refractivity contribution in [2.24, 2.45) is 0 Å². The van der Waals surface area contributed by atoms with Gasteiger partial charge in [-0.05, 0) is 42.3 Å². The molecule has 0 aliphatic carbocycles. The molecule has 0 saturated heterocycles. The molecule has 0 saturated carbocycles. The summed E-state index contributed by atoms with van der Waals surface area (Å²) in [5.41, 5.74) is 0.113. The Balaban J connectivity index is 1.44. The molecule has 0 fully saturated rings. The fraction of sp³-hybridized carbons (Fsp3) is 0.278. The standard InChI is InChI=1S/C18H12F6N4O2S/c19-17(20,21)10-1-3-11(4-2-10)25-16(29)28-6-5-12-9(8-28)7-13(31-12)14-26-15(30-27-14)18(22,23)24/h1-4,7H,5-6,8H2,(H,25,29). The fourth-order valence-electron chi connectivity index (χ4n) is 3.00. The van der Waals surface area contributed by atoms with Crippen LogP contribution in [-0.2, 0) is 25.3 Å². The Kier molecular flexibility index (Phi) is 5.15. The molecule has 0 radical (unpaired) electrons. The van der Waals surface area contributed by atoms with Gasteiger partial charge in [-0.3, -0.25) is 0 Å². The predicted molar refractivity (Wildman–Crippen MR) is 97.2 cm³/mol. The summed E-state index contributed by atoms with van der Waals surface area (Å²) in [6.07, 6.45) is -8.75. The maximum absolute atomic E-state index is 12.6. The quantitative estimate of drug-likeness (QED) is 0.516. The van der Waals surface area contributed by atoms with E-state index in [0.29, 0.717) is 17.8 Å². The van der Waals surface area contributed by atoms with E-state index in [1.54, 1.807) is 6.07 Å². The summed E-state index contributed by atoms with van der Waals surface area (Å²) in [7, 11) is 0. The van der Waals surface area contributed by atoms with Crippen molar-refractivity contribution in [1.29, 1.82) is 0 Å². The van der Waals surface area contributed by atoms with Gasteiger partial charge in [0.2, 0.25) is 5.82 Å². The predicted octanol–water partition coefficient (Wildman–Crippen LogP) is 5.43. The van der Waals surface area contributed by atoms with Crippen LogP contribution in [0.1, 0.15) is 21.9 Å². The van der Waals surface area contributed by atoms with Crippen LogP contribution in [0.4, 0.5) is 36.8 Å². The SMILES string of the molecule is O=C(Nc1ccc(C(F)(F)F)cc1)N1CCc2sc(-c3noc(C(F)(F)F)n3)cc2C1. The third-order valence-corrected chi connectivity index (χ3v) is 5.74. The Bertz CT molecular complexity index is 1100. The number of hydrogen-bond donors (Lipinski definition) is 1. The highest BCUT2D eigenvalue weighted by Crippen LogP contribution is 2.36. The van der Waals surface area contributed by atoms with Crippen molar-refractivity contribution in [3.05, 3.63) is 52.2 Å². The van der Waals surface area contributed by atoms with Crippen molar-refractivity contribution < 1.29 is 35.7 Å². The van der Waals surface area contributed by atoms with Gasteiger partial charge < -0.3 is 14.7 Å². The summed E-state index contributed by atoms with van der Waals surface area (Å²) in [6.45, 7) is 0.516. The average molecular weight is 462 g/mol. The molecule has 31 heavy (non-hydrogen) atoms. The van der Waals surface area contributed by atoms with Gasteiger partial charge >= 0.3 is 24.3 Å². The molecule has 0 atom stereocenters. The molecule has 1 N–H and O–H groups in total. The summed E-state index contributed by atoms with van der Waals surface area (Å²) in [5.74, 6) is -1.63. The number of benzene rings is 1. The van der Waals surface area contributed by atoms with Crippen LogP contribution < -0.4 is 5.32 Å². The Labute approximate surface area is 174 Å². The number of thiophene rings is 1. The fourth-order valence-corrected chi connectivity index (χ4v) is 4.09. The molecule has 4 rings (SSSR count). The Morgan fingerprint density at radius 3 is 2.42 bits per heavy atom. The molecule has 3 heterocycles. The zero-order valence-electron chi connectivity index (χ0n) is 15.3. The summed E-state index contributed by atoms with van der Waals surface area (Å²) in [6, 6.07) is 5.16. The van der Waals surface area contributed by atoms with Crippen LogP contribution >= 0.6 is 11.3 Å². The molecular weight excluding hydrogens is 450 g/mol. The van der Waals surface area contributed by atoms with Crippen LogP contribution in [0, 0.1) is 0 Å². The highest BCUT2D eigenvalue weighted by Gasteiger charge is 2.39. The molecule has 1 aliphatic rings. The molecule has 0 bridgehead atoms. The molecule has 6 nitrogen and oxygen atoms in total. The smallest absolute Gasteiger partial charge is 0.329 e. The first-order valence-electron chi connectivity index (χ1n) is 8.77. The molecule has 13 heteroatoms. The minimum Gasteiger partial charge on any atom is -0.329 e. The number of nitrogens with one attached hydrogen (secondary N) is 1. The Hall–Kier alpha value is -3.09. The number of halogens is 6. The topological polar surface area (TPSA) is 71.3 Å². The minimum absolute atomic E-state index is 0.183. The van der Waals surface area contributed by atoms with E-state index in [4.69, 9.17) is 0 Å². The number of amides is 2. The number of hydrogen-bond acceptors (Lipinski definition) is 5. The second-order valence-electron chi connectivity index (χ2n) is 6.66. The Morgan fingerprint density at radius 1 is 1.10 bits per heavy atom. The molecule has 2 amide bonds. The van der Waals surface area contributed by atoms with Crippen LogP contribution in [0.5, 0.6) is 0 Å². The van der Waals surface area contributed by atoms with E-state index in [2.05, 4.69) is 20.0 Å². The number of carbonyl (C=O) groups is 1. The zero-order chi connectivity index (χ0) is 22.4. The van der Waals surface area contributed by atoms with Gasteiger partial charge in [-0.1, -0.05) is 5.16 Å². The normalized spacial score (nSPS) is 14.5. The molecular formula is C18H12F6N4O2S. The van der Waals surface area contributed by atoms with E-state index in [1.165, 1.54) is 16.2 Å². The van der Waals surface area contributed by atoms with Crippen molar-refractivity contribution in [2.45, 2.75) is 25.3 Å². The number of urea groups is 1. The minimum atomic E-state index is -4.74. The first-order valence-corrected chi connectivity index (χ1v) is 9.58. The van der Waals surface area contributed by atoms with Gasteiger partial charge in [0.05, 0.1) is 10.4 Å². The van der Waals surface area contributed by atoms with Gasteiger partial charge in [-0.2, -0.15) is 31.3 Å². The summed E-state index contributed by atoms with van der Waals surface area (Å²) in [5, 5.41) is 5.90. The van der Waals surface area contributed by atoms with E-state index in [-0.39, 0.29) is 18.1 Å². The third-order valence-electron chi connectivity index (χ3n) is 4.51. The summed E-state index contributed by atoms with van der Waals surface area (Å²) < 4.78 is 80.1. The van der Waals surface area contributed by atoms with Gasteiger partial charge in [0.1, 0.15) is 0 Å². The van der Waals surface area contributed by atoms with Gasteiger partial charge in [0.15, 0.2) is 0 Å². The van der Waals surface area contributed by atoms with E-state index < -0.39 is 29.8 Å². The number of alkyl halides is 6. The first kappa shape index (κ1) is 21.2. The van der Waals surface area contributed by atoms with E-state index in [1.807, 2.05) is 0 Å². The molecule has 164 valence electrons. The van der Waals surface area contributed by atoms with Crippen molar-refractivity contribution in [3.8, 4) is 10.7 Å². The molecule has 1 aliphatic heterocycles. The van der Waals surface area contributed by atoms with Crippen molar-refractivity contribution >= 4 is 23.1 Å². The van der Waals surface area contributed by atoms with Crippen molar-refractivity contribution in [3.63, 3.8) is 0 Å². The highest BCUT2D eigenvalue weighted by molar-refractivity contribution is 7.15. The number of carbonyl (C=O) groups excluding carboxylic acids is 1. The Morgan fingerprint density at radius 2 is 1.81 bits per heavy atom. The number of fused-ring (bicyclic) bond motifs is 1. The van der Waals surface area contributed by atoms with E-state index in [0.717, 1.165) is 34.7 Å². The van der Waals surface area contributed by atoms with Crippen LogP contribution in [0.15, 0.2) is 34.9 Å². The van der Waals surface area contributed by atoms with E-state index >= 15 is 0 Å². The molecule has 3 aromatic rings. The van der Waals surface area contributed by atoms with Crippen LogP contribution in [0.2, 0.25) is 0 Å². The second kappa shape index (κ2) is 7.55. The van der Waals surface area contributed by atoms with Gasteiger partial charge in [0.25, 0.3) is 0 Å². The lowest BCUT2D eigenvalue weighted by molar-refractivity contribution is -0.159. The van der Waals surface area contributed by atoms with Gasteiger partial charge in [0, 0.05) is 23.7 Å². The van der Waals surface area contributed by atoms with Gasteiger partial charge in [-0.15, -0.1) is 11.3 Å². The average Bonchev–Trinajstić information content (AvgIpc) is 3.34. The molecule has 1 aromatic carbocycles. The van der Waals surface area contributed by atoms with Crippen LogP contribution in [0.25, 0.3) is 10.7 Å². The molecule has 0 unspecified atom stereocenters. The lowest BCUT2D eigenvalue weighted by Crippen LogP contribution is -2.38. The van der Waals surface area contributed by atoms with Crippen LogP contribution in [0.3, 0.4) is 0 Å². The molecule has 0 spiro atoms. The number of aromatic nitrogens is 2. The second-order valence-corrected chi connectivity index (χ2v) is 7.79. The maximum atomic E-state index is 12.6. The number of rotatable bonds is 2. The van der Waals surface area contributed by atoms with Gasteiger partial charge in [-0.25, -0.2) is 4.79 Å². The largest absolute Gasteiger partial charge is 0.471 e. The lowest BCUT2D eigenvalue weighted by Gasteiger charge is -2.27. The summed E-state index contributed by atoms with van der Waals surface area (Å²) >= 11 is 1.22. The maximum Gasteiger partial charge on any atom is 0.471 e. The van der Waals surface area contributed by atoms with Crippen LogP contribution in [-0.4, -0.2) is 27.6 Å². The highest BCUT2D eigenvalue weighted by atomic mass is 32.1. The van der Waals surface area contributed by atoms with E-state index in [9.17, 15) is 31.1 Å². The number of anilines is 1. The number of nitrogens with zero attached hydrogens (tertiary/aromatic N) is 3. The first-order chi connectivity index (χ1) is 14.5. The molecule has 2 aromatic heterocycles.